The third kappa shape index (κ3) is 5.65. The normalized spacial score (nSPS) is 26.1. The number of nitrogens with zero attached hydrogens (tertiary/aromatic N) is 3. The maximum atomic E-state index is 6.02. The number of halogens is 1. The molecule has 0 aromatic rings. The molecule has 0 aromatic heterocycles. The quantitative estimate of drug-likeness (QED) is 0.429. The van der Waals surface area contributed by atoms with Crippen LogP contribution in [0, 0.1) is 0 Å². The fourth-order valence-corrected chi connectivity index (χ4v) is 3.18. The third-order valence-corrected chi connectivity index (χ3v) is 4.44. The fourth-order valence-electron chi connectivity index (χ4n) is 2.28. The van der Waals surface area contributed by atoms with Gasteiger partial charge < -0.3 is 15.4 Å². The van der Waals surface area contributed by atoms with E-state index in [1.54, 1.807) is 0 Å². The Labute approximate surface area is 137 Å². The van der Waals surface area contributed by atoms with Gasteiger partial charge in [-0.25, -0.2) is 0 Å². The van der Waals surface area contributed by atoms with E-state index in [-0.39, 0.29) is 24.0 Å². The Balaban J connectivity index is 0.00000180. The van der Waals surface area contributed by atoms with Crippen LogP contribution in [0.5, 0.6) is 0 Å². The Morgan fingerprint density at radius 1 is 1.37 bits per heavy atom. The van der Waals surface area contributed by atoms with Crippen LogP contribution >= 0.6 is 35.7 Å². The van der Waals surface area contributed by atoms with Crippen molar-refractivity contribution in [1.82, 2.24) is 9.80 Å². The van der Waals surface area contributed by atoms with Crippen molar-refractivity contribution in [1.29, 1.82) is 0 Å². The Hall–Kier alpha value is 0.270. The van der Waals surface area contributed by atoms with E-state index < -0.39 is 0 Å². The van der Waals surface area contributed by atoms with E-state index in [1.165, 1.54) is 0 Å². The standard InChI is InChI=1S/C12H24N4OS.HI/c1-11-10-17-7-4-15(11)3-2-14-12(13)16-5-8-18-9-6-16;/h11H,2-10H2,1H3,(H2,13,14);1H. The second-order valence-corrected chi connectivity index (χ2v) is 6.02. The second-order valence-electron chi connectivity index (χ2n) is 4.80. The Morgan fingerprint density at radius 2 is 2.11 bits per heavy atom. The number of ether oxygens (including phenoxy) is 1. The van der Waals surface area contributed by atoms with Crippen molar-refractivity contribution in [3.05, 3.63) is 0 Å². The molecule has 1 atom stereocenters. The Kier molecular flexibility index (Phi) is 8.43. The summed E-state index contributed by atoms with van der Waals surface area (Å²) in [6.45, 7) is 8.73. The van der Waals surface area contributed by atoms with E-state index in [4.69, 9.17) is 10.5 Å². The average molecular weight is 400 g/mol. The van der Waals surface area contributed by atoms with Crippen LogP contribution in [0.15, 0.2) is 4.99 Å². The summed E-state index contributed by atoms with van der Waals surface area (Å²) in [5, 5.41) is 0. The number of thioether (sulfide) groups is 1. The molecule has 2 saturated heterocycles. The summed E-state index contributed by atoms with van der Waals surface area (Å²) < 4.78 is 5.42. The van der Waals surface area contributed by atoms with E-state index in [1.807, 2.05) is 11.8 Å². The van der Waals surface area contributed by atoms with Crippen molar-refractivity contribution in [2.45, 2.75) is 13.0 Å². The maximum absolute atomic E-state index is 6.02. The van der Waals surface area contributed by atoms with Gasteiger partial charge in [-0.3, -0.25) is 9.89 Å². The zero-order valence-electron chi connectivity index (χ0n) is 11.6. The molecular formula is C12H25IN4OS. The highest BCUT2D eigenvalue weighted by Crippen LogP contribution is 2.09. The summed E-state index contributed by atoms with van der Waals surface area (Å²) >= 11 is 1.99. The van der Waals surface area contributed by atoms with Crippen LogP contribution in [0.4, 0.5) is 0 Å². The highest BCUT2D eigenvalue weighted by atomic mass is 127. The number of rotatable bonds is 3. The lowest BCUT2D eigenvalue weighted by atomic mass is 10.2. The van der Waals surface area contributed by atoms with Gasteiger partial charge in [0, 0.05) is 43.7 Å². The van der Waals surface area contributed by atoms with Gasteiger partial charge in [0.2, 0.25) is 0 Å². The van der Waals surface area contributed by atoms with E-state index in [2.05, 4.69) is 21.7 Å². The van der Waals surface area contributed by atoms with Crippen LogP contribution in [-0.4, -0.2) is 79.2 Å². The van der Waals surface area contributed by atoms with Gasteiger partial charge in [0.05, 0.1) is 19.8 Å². The SMILES string of the molecule is CC1COCCN1CCN=C(N)N1CCSCC1.I. The molecule has 7 heteroatoms. The molecule has 0 saturated carbocycles. The van der Waals surface area contributed by atoms with Crippen LogP contribution in [-0.2, 0) is 4.74 Å². The molecule has 2 aliphatic heterocycles. The average Bonchev–Trinajstić information content (AvgIpc) is 2.42. The highest BCUT2D eigenvalue weighted by Gasteiger charge is 2.18. The minimum Gasteiger partial charge on any atom is -0.379 e. The molecule has 0 bridgehead atoms. The first-order valence-corrected chi connectivity index (χ1v) is 7.87. The van der Waals surface area contributed by atoms with Crippen molar-refractivity contribution in [2.75, 3.05) is 57.4 Å². The topological polar surface area (TPSA) is 54.1 Å². The van der Waals surface area contributed by atoms with E-state index in [0.717, 1.165) is 63.4 Å². The number of hydrogen-bond donors (Lipinski definition) is 1. The van der Waals surface area contributed by atoms with Crippen molar-refractivity contribution < 1.29 is 4.74 Å². The van der Waals surface area contributed by atoms with Gasteiger partial charge in [0.15, 0.2) is 5.96 Å². The molecule has 0 aromatic carbocycles. The first kappa shape index (κ1) is 17.3. The molecule has 0 amide bonds. The molecule has 112 valence electrons. The number of nitrogens with two attached hydrogens (primary N) is 1. The molecule has 2 N–H and O–H groups in total. The summed E-state index contributed by atoms with van der Waals surface area (Å²) in [6, 6.07) is 0.501. The summed E-state index contributed by atoms with van der Waals surface area (Å²) in [5.41, 5.74) is 6.02. The maximum Gasteiger partial charge on any atom is 0.191 e. The van der Waals surface area contributed by atoms with Gasteiger partial charge in [-0.05, 0) is 6.92 Å². The smallest absolute Gasteiger partial charge is 0.191 e. The fraction of sp³-hybridized carbons (Fsp3) is 0.917. The predicted octanol–water partition coefficient (Wildman–Crippen LogP) is 0.689. The molecule has 0 aliphatic carbocycles. The zero-order chi connectivity index (χ0) is 12.8. The van der Waals surface area contributed by atoms with Crippen LogP contribution < -0.4 is 5.73 Å². The Bertz CT molecular complexity index is 287. The molecule has 0 radical (unpaired) electrons. The van der Waals surface area contributed by atoms with E-state index in [9.17, 15) is 0 Å². The van der Waals surface area contributed by atoms with Gasteiger partial charge >= 0.3 is 0 Å². The van der Waals surface area contributed by atoms with E-state index in [0.29, 0.717) is 6.04 Å². The summed E-state index contributed by atoms with van der Waals surface area (Å²) in [7, 11) is 0. The van der Waals surface area contributed by atoms with Gasteiger partial charge in [-0.2, -0.15) is 11.8 Å². The lowest BCUT2D eigenvalue weighted by Gasteiger charge is -2.33. The molecule has 0 spiro atoms. The van der Waals surface area contributed by atoms with Crippen molar-refractivity contribution in [3.63, 3.8) is 0 Å². The van der Waals surface area contributed by atoms with Crippen molar-refractivity contribution >= 4 is 41.7 Å². The number of guanidine groups is 1. The van der Waals surface area contributed by atoms with Gasteiger partial charge in [0.25, 0.3) is 0 Å². The van der Waals surface area contributed by atoms with Gasteiger partial charge in [0.1, 0.15) is 0 Å². The molecule has 5 nitrogen and oxygen atoms in total. The summed E-state index contributed by atoms with van der Waals surface area (Å²) in [6.07, 6.45) is 0. The number of morpholine rings is 1. The van der Waals surface area contributed by atoms with Crippen LogP contribution in [0.1, 0.15) is 6.92 Å². The summed E-state index contributed by atoms with van der Waals surface area (Å²) in [5.74, 6) is 3.05. The second kappa shape index (κ2) is 9.25. The van der Waals surface area contributed by atoms with Gasteiger partial charge in [-0.15, -0.1) is 24.0 Å². The first-order chi connectivity index (χ1) is 8.77. The molecular weight excluding hydrogens is 375 g/mol. The lowest BCUT2D eigenvalue weighted by Crippen LogP contribution is -2.45. The lowest BCUT2D eigenvalue weighted by molar-refractivity contribution is 0.00140. The molecule has 2 heterocycles. The van der Waals surface area contributed by atoms with Crippen LogP contribution in [0.2, 0.25) is 0 Å². The molecule has 1 unspecified atom stereocenters. The highest BCUT2D eigenvalue weighted by molar-refractivity contribution is 14.0. The molecule has 19 heavy (non-hydrogen) atoms. The molecule has 2 rings (SSSR count). The first-order valence-electron chi connectivity index (χ1n) is 6.72. The Morgan fingerprint density at radius 3 is 2.79 bits per heavy atom. The van der Waals surface area contributed by atoms with E-state index >= 15 is 0 Å². The van der Waals surface area contributed by atoms with Gasteiger partial charge in [-0.1, -0.05) is 0 Å². The van der Waals surface area contributed by atoms with Crippen LogP contribution in [0.3, 0.4) is 0 Å². The molecule has 2 fully saturated rings. The predicted molar refractivity (Wildman–Crippen MR) is 92.7 cm³/mol. The number of hydrogen-bond acceptors (Lipinski definition) is 4. The summed E-state index contributed by atoms with van der Waals surface area (Å²) in [4.78, 5) is 9.12. The molecule has 2 aliphatic rings. The minimum absolute atomic E-state index is 0. The van der Waals surface area contributed by atoms with Crippen molar-refractivity contribution in [2.24, 2.45) is 10.7 Å². The monoisotopic (exact) mass is 400 g/mol. The largest absolute Gasteiger partial charge is 0.379 e. The van der Waals surface area contributed by atoms with Crippen molar-refractivity contribution in [3.8, 4) is 0 Å². The zero-order valence-corrected chi connectivity index (χ0v) is 14.7. The third-order valence-electron chi connectivity index (χ3n) is 3.50. The van der Waals surface area contributed by atoms with Crippen LogP contribution in [0.25, 0.3) is 0 Å². The minimum atomic E-state index is 0. The number of aliphatic imine (C=N–C) groups is 1.